The Morgan fingerprint density at radius 2 is 1.80 bits per heavy atom. The Morgan fingerprint density at radius 3 is 2.43 bits per heavy atom. The predicted octanol–water partition coefficient (Wildman–Crippen LogP) is 3.56. The van der Waals surface area contributed by atoms with E-state index in [4.69, 9.17) is 4.74 Å². The van der Waals surface area contributed by atoms with Crippen LogP contribution in [0.25, 0.3) is 0 Å². The second-order valence-electron chi connectivity index (χ2n) is 7.52. The lowest BCUT2D eigenvalue weighted by molar-refractivity contribution is -0.123. The molecule has 1 atom stereocenters. The van der Waals surface area contributed by atoms with E-state index in [0.717, 1.165) is 24.8 Å². The van der Waals surface area contributed by atoms with E-state index in [0.29, 0.717) is 24.4 Å². The predicted molar refractivity (Wildman–Crippen MR) is 112 cm³/mol. The van der Waals surface area contributed by atoms with Gasteiger partial charge in [0.15, 0.2) is 6.61 Å². The molecule has 0 spiro atoms. The molecule has 162 valence electrons. The van der Waals surface area contributed by atoms with Gasteiger partial charge in [0.05, 0.1) is 10.9 Å². The molecule has 1 fully saturated rings. The Bertz CT molecular complexity index is 987. The Hall–Kier alpha value is -2.45. The maximum atomic E-state index is 13.0. The van der Waals surface area contributed by atoms with Gasteiger partial charge in [0.1, 0.15) is 11.6 Å². The quantitative estimate of drug-likeness (QED) is 0.723. The van der Waals surface area contributed by atoms with E-state index in [2.05, 4.69) is 5.32 Å². The van der Waals surface area contributed by atoms with Crippen molar-refractivity contribution in [3.05, 3.63) is 59.4 Å². The van der Waals surface area contributed by atoms with Gasteiger partial charge in [-0.15, -0.1) is 0 Å². The number of carbonyl (C=O) groups is 1. The van der Waals surface area contributed by atoms with E-state index in [9.17, 15) is 17.6 Å². The number of aryl methyl sites for hydroxylation is 1. The maximum Gasteiger partial charge on any atom is 0.258 e. The monoisotopic (exact) mass is 434 g/mol. The molecule has 0 bridgehead atoms. The van der Waals surface area contributed by atoms with Crippen molar-refractivity contribution in [3.63, 3.8) is 0 Å². The lowest BCUT2D eigenvalue weighted by Gasteiger charge is -2.26. The molecule has 8 heteroatoms. The molecule has 3 rings (SSSR count). The standard InChI is InChI=1S/C22H27FN2O4S/c1-16-14-20(30(27,28)25-12-4-3-5-13-25)10-11-21(16)29-15-22(26)24-17(2)18-6-8-19(23)9-7-18/h6-11,14,17H,3-5,12-13,15H2,1-2H3,(H,24,26)/t17-/m1/s1. The summed E-state index contributed by atoms with van der Waals surface area (Å²) in [6.45, 7) is 4.45. The van der Waals surface area contributed by atoms with Gasteiger partial charge in [-0.1, -0.05) is 18.6 Å². The number of sulfonamides is 1. The second kappa shape index (κ2) is 9.57. The molecule has 1 heterocycles. The Kier molecular flexibility index (Phi) is 7.10. The molecule has 1 N–H and O–H groups in total. The van der Waals surface area contributed by atoms with Crippen molar-refractivity contribution in [2.24, 2.45) is 0 Å². The van der Waals surface area contributed by atoms with Crippen LogP contribution < -0.4 is 10.1 Å². The van der Waals surface area contributed by atoms with E-state index in [1.54, 1.807) is 38.1 Å². The highest BCUT2D eigenvalue weighted by atomic mass is 32.2. The van der Waals surface area contributed by atoms with Gasteiger partial charge < -0.3 is 10.1 Å². The molecule has 0 saturated carbocycles. The molecule has 0 radical (unpaired) electrons. The molecule has 2 aromatic rings. The fraction of sp³-hybridized carbons (Fsp3) is 0.409. The number of benzene rings is 2. The molecule has 30 heavy (non-hydrogen) atoms. The third-order valence-corrected chi connectivity index (χ3v) is 7.10. The molecule has 2 aromatic carbocycles. The highest BCUT2D eigenvalue weighted by Gasteiger charge is 2.26. The van der Waals surface area contributed by atoms with E-state index in [1.807, 2.05) is 0 Å². The van der Waals surface area contributed by atoms with Crippen LogP contribution in [0.15, 0.2) is 47.4 Å². The number of amides is 1. The average molecular weight is 435 g/mol. The molecule has 6 nitrogen and oxygen atoms in total. The summed E-state index contributed by atoms with van der Waals surface area (Å²) in [5.74, 6) is -0.199. The lowest BCUT2D eigenvalue weighted by Crippen LogP contribution is -2.35. The number of hydrogen-bond donors (Lipinski definition) is 1. The number of nitrogens with zero attached hydrogens (tertiary/aromatic N) is 1. The maximum absolute atomic E-state index is 13.0. The Morgan fingerprint density at radius 1 is 1.13 bits per heavy atom. The fourth-order valence-electron chi connectivity index (χ4n) is 3.46. The van der Waals surface area contributed by atoms with Crippen LogP contribution in [0.3, 0.4) is 0 Å². The minimum atomic E-state index is -3.51. The SMILES string of the molecule is Cc1cc(S(=O)(=O)N2CCCCC2)ccc1OCC(=O)N[C@H](C)c1ccc(F)cc1. The van der Waals surface area contributed by atoms with Crippen molar-refractivity contribution in [2.75, 3.05) is 19.7 Å². The van der Waals surface area contributed by atoms with Crippen LogP contribution in [0.2, 0.25) is 0 Å². The topological polar surface area (TPSA) is 75.7 Å². The van der Waals surface area contributed by atoms with E-state index in [-0.39, 0.29) is 29.3 Å². The van der Waals surface area contributed by atoms with Gasteiger partial charge >= 0.3 is 0 Å². The number of halogens is 1. The van der Waals surface area contributed by atoms with Crippen molar-refractivity contribution in [3.8, 4) is 5.75 Å². The van der Waals surface area contributed by atoms with Gasteiger partial charge in [-0.3, -0.25) is 4.79 Å². The zero-order chi connectivity index (χ0) is 21.7. The third kappa shape index (κ3) is 5.37. The summed E-state index contributed by atoms with van der Waals surface area (Å²) >= 11 is 0. The first-order chi connectivity index (χ1) is 14.3. The number of piperidine rings is 1. The summed E-state index contributed by atoms with van der Waals surface area (Å²) in [7, 11) is -3.51. The lowest BCUT2D eigenvalue weighted by atomic mass is 10.1. The van der Waals surface area contributed by atoms with Gasteiger partial charge in [-0.05, 0) is 68.1 Å². The smallest absolute Gasteiger partial charge is 0.258 e. The summed E-state index contributed by atoms with van der Waals surface area (Å²) in [5.41, 5.74) is 1.43. The minimum Gasteiger partial charge on any atom is -0.484 e. The number of ether oxygens (including phenoxy) is 1. The molecular formula is C22H27FN2O4S. The molecule has 1 aliphatic heterocycles. The van der Waals surface area contributed by atoms with Gasteiger partial charge in [0, 0.05) is 13.1 Å². The van der Waals surface area contributed by atoms with Crippen LogP contribution in [-0.2, 0) is 14.8 Å². The van der Waals surface area contributed by atoms with Crippen LogP contribution in [-0.4, -0.2) is 38.3 Å². The van der Waals surface area contributed by atoms with Crippen molar-refractivity contribution < 1.29 is 22.3 Å². The molecule has 0 aromatic heterocycles. The first kappa shape index (κ1) is 22.2. The number of rotatable bonds is 7. The zero-order valence-corrected chi connectivity index (χ0v) is 18.0. The van der Waals surface area contributed by atoms with E-state index in [1.165, 1.54) is 22.5 Å². The molecule has 1 aliphatic rings. The van der Waals surface area contributed by atoms with Crippen LogP contribution in [0.4, 0.5) is 4.39 Å². The normalized spacial score (nSPS) is 16.1. The van der Waals surface area contributed by atoms with Crippen LogP contribution in [0.1, 0.15) is 43.4 Å². The number of nitrogens with one attached hydrogen (secondary N) is 1. The fourth-order valence-corrected chi connectivity index (χ4v) is 5.06. The molecule has 0 aliphatic carbocycles. The highest BCUT2D eigenvalue weighted by molar-refractivity contribution is 7.89. The van der Waals surface area contributed by atoms with Gasteiger partial charge in [0.25, 0.3) is 5.91 Å². The van der Waals surface area contributed by atoms with Gasteiger partial charge in [-0.2, -0.15) is 4.31 Å². The molecule has 1 amide bonds. The second-order valence-corrected chi connectivity index (χ2v) is 9.46. The molecular weight excluding hydrogens is 407 g/mol. The first-order valence-corrected chi connectivity index (χ1v) is 11.5. The van der Waals surface area contributed by atoms with Crippen molar-refractivity contribution in [1.29, 1.82) is 0 Å². The Balaban J connectivity index is 1.59. The Labute approximate surface area is 177 Å². The van der Waals surface area contributed by atoms with Crippen LogP contribution >= 0.6 is 0 Å². The van der Waals surface area contributed by atoms with Crippen LogP contribution in [0.5, 0.6) is 5.75 Å². The van der Waals surface area contributed by atoms with Gasteiger partial charge in [0.2, 0.25) is 10.0 Å². The van der Waals surface area contributed by atoms with E-state index < -0.39 is 10.0 Å². The number of carbonyl (C=O) groups excluding carboxylic acids is 1. The van der Waals surface area contributed by atoms with Crippen LogP contribution in [0, 0.1) is 12.7 Å². The average Bonchev–Trinajstić information content (AvgIpc) is 2.73. The van der Waals surface area contributed by atoms with Crippen molar-refractivity contribution >= 4 is 15.9 Å². The number of hydrogen-bond acceptors (Lipinski definition) is 4. The van der Waals surface area contributed by atoms with Crippen molar-refractivity contribution in [2.45, 2.75) is 44.0 Å². The largest absolute Gasteiger partial charge is 0.484 e. The van der Waals surface area contributed by atoms with Gasteiger partial charge in [-0.25, -0.2) is 12.8 Å². The summed E-state index contributed by atoms with van der Waals surface area (Å²) in [6, 6.07) is 10.3. The third-order valence-electron chi connectivity index (χ3n) is 5.21. The molecule has 1 saturated heterocycles. The highest BCUT2D eigenvalue weighted by Crippen LogP contribution is 2.26. The minimum absolute atomic E-state index is 0.204. The van der Waals surface area contributed by atoms with Crippen molar-refractivity contribution in [1.82, 2.24) is 9.62 Å². The first-order valence-electron chi connectivity index (χ1n) is 10.1. The molecule has 0 unspecified atom stereocenters. The zero-order valence-electron chi connectivity index (χ0n) is 17.2. The summed E-state index contributed by atoms with van der Waals surface area (Å²) in [4.78, 5) is 12.4. The van der Waals surface area contributed by atoms with E-state index >= 15 is 0 Å². The summed E-state index contributed by atoms with van der Waals surface area (Å²) in [5, 5.41) is 2.80. The summed E-state index contributed by atoms with van der Waals surface area (Å²) < 4.78 is 45.7. The summed E-state index contributed by atoms with van der Waals surface area (Å²) in [6.07, 6.45) is 2.81.